The number of amidine groups is 1. The summed E-state index contributed by atoms with van der Waals surface area (Å²) in [6.45, 7) is 9.05. The average Bonchev–Trinajstić information content (AvgIpc) is 3.16. The van der Waals surface area contributed by atoms with Crippen LogP contribution in [0, 0.1) is 25.1 Å². The molecule has 0 fully saturated rings. The topological polar surface area (TPSA) is 108 Å². The molecule has 9 nitrogen and oxygen atoms in total. The monoisotopic (exact) mass is 481 g/mol. The molecule has 0 unspecified atom stereocenters. The van der Waals surface area contributed by atoms with Crippen LogP contribution in [0.3, 0.4) is 0 Å². The normalized spacial score (nSPS) is 12.6. The number of allylic oxidation sites excluding steroid dienone is 2. The van der Waals surface area contributed by atoms with Crippen molar-refractivity contribution in [1.82, 2.24) is 19.5 Å². The fourth-order valence-corrected chi connectivity index (χ4v) is 4.41. The van der Waals surface area contributed by atoms with Crippen molar-refractivity contribution in [2.24, 2.45) is 17.0 Å². The quantitative estimate of drug-likeness (QED) is 0.136. The van der Waals surface area contributed by atoms with E-state index in [0.717, 1.165) is 10.9 Å². The van der Waals surface area contributed by atoms with Crippen molar-refractivity contribution in [3.05, 3.63) is 53.5 Å². The van der Waals surface area contributed by atoms with Gasteiger partial charge in [0.15, 0.2) is 17.1 Å². The second kappa shape index (κ2) is 8.39. The number of nitrogens with zero attached hydrogens (tertiary/aromatic N) is 7. The molecule has 5 aromatic heterocycles. The number of aliphatic imine (C=N–C) groups is 2. The Morgan fingerprint density at radius 2 is 2.08 bits per heavy atom. The molecule has 0 atom stereocenters. The lowest BCUT2D eigenvalue weighted by Crippen LogP contribution is -2.27. The van der Waals surface area contributed by atoms with E-state index in [4.69, 9.17) is 16.9 Å². The number of hydrogen-bond donors (Lipinski definition) is 1. The molecule has 36 heavy (non-hydrogen) atoms. The zero-order valence-electron chi connectivity index (χ0n) is 20.2. The van der Waals surface area contributed by atoms with E-state index < -0.39 is 5.82 Å². The van der Waals surface area contributed by atoms with Gasteiger partial charge in [0.2, 0.25) is 5.69 Å². The lowest BCUT2D eigenvalue weighted by Gasteiger charge is -2.09. The number of halogens is 1. The number of fused-ring (bicyclic) bond motifs is 8. The molecule has 5 rings (SSSR count). The zero-order valence-corrected chi connectivity index (χ0v) is 20.2. The summed E-state index contributed by atoms with van der Waals surface area (Å²) in [4.78, 5) is 21.3. The third-order valence-corrected chi connectivity index (χ3v) is 6.07. The SMILES string of the molecule is C#Cc1cc(C)c2c3c(c4c(N)ncnc4n3C)c3c(F)cc(O/C(N=C)=N/C(C)=C\C)c[n+]3c2n1. The van der Waals surface area contributed by atoms with Gasteiger partial charge in [-0.2, -0.15) is 4.40 Å². The highest BCUT2D eigenvalue weighted by atomic mass is 19.1. The van der Waals surface area contributed by atoms with Gasteiger partial charge in [-0.25, -0.2) is 24.3 Å². The predicted octanol–water partition coefficient (Wildman–Crippen LogP) is 3.78. The minimum atomic E-state index is -0.577. The maximum atomic E-state index is 16.0. The molecular weight excluding hydrogens is 459 g/mol. The van der Waals surface area contributed by atoms with Crippen molar-refractivity contribution in [2.45, 2.75) is 20.8 Å². The van der Waals surface area contributed by atoms with Crippen molar-refractivity contribution in [1.29, 1.82) is 0 Å². The van der Waals surface area contributed by atoms with Crippen LogP contribution >= 0.6 is 0 Å². The van der Waals surface area contributed by atoms with Gasteiger partial charge >= 0.3 is 11.7 Å². The summed E-state index contributed by atoms with van der Waals surface area (Å²) < 4.78 is 25.2. The van der Waals surface area contributed by atoms with Gasteiger partial charge in [-0.3, -0.25) is 0 Å². The molecule has 0 spiro atoms. The van der Waals surface area contributed by atoms with Crippen LogP contribution in [0.5, 0.6) is 5.75 Å². The molecular formula is C26H22FN8O+. The number of pyridine rings is 3. The first kappa shape index (κ1) is 22.9. The number of terminal acetylenes is 1. The third kappa shape index (κ3) is 3.32. The fourth-order valence-electron chi connectivity index (χ4n) is 4.41. The van der Waals surface area contributed by atoms with Crippen molar-refractivity contribution < 1.29 is 13.5 Å². The van der Waals surface area contributed by atoms with Crippen molar-refractivity contribution >= 4 is 57.0 Å². The highest BCUT2D eigenvalue weighted by molar-refractivity contribution is 6.23. The van der Waals surface area contributed by atoms with Crippen LogP contribution in [0.25, 0.3) is 38.5 Å². The van der Waals surface area contributed by atoms with E-state index in [1.165, 1.54) is 12.4 Å². The summed E-state index contributed by atoms with van der Waals surface area (Å²) in [5.41, 5.74) is 10.2. The summed E-state index contributed by atoms with van der Waals surface area (Å²) >= 11 is 0. The molecule has 2 N–H and O–H groups in total. The number of aromatic nitrogens is 5. The average molecular weight is 482 g/mol. The standard InChI is InChI=1S/C26H22FN8O/c1-7-14(4)32-26(29-5)36-16-10-17(27)21-19-20-23(28)30-12-31-24(20)34(6)22(19)18-13(3)9-15(8-2)33-25(18)35(21)11-16/h2,7,9-12H,5H2,1,3-4,6H3,(H2,28,30,31)/q+1/b14-7-,32-26+. The van der Waals surface area contributed by atoms with E-state index in [0.29, 0.717) is 39.0 Å². The highest BCUT2D eigenvalue weighted by Crippen LogP contribution is 2.38. The van der Waals surface area contributed by atoms with Crippen LogP contribution in [-0.4, -0.2) is 32.3 Å². The van der Waals surface area contributed by atoms with Crippen molar-refractivity contribution in [2.75, 3.05) is 5.73 Å². The van der Waals surface area contributed by atoms with E-state index in [1.54, 1.807) is 23.6 Å². The lowest BCUT2D eigenvalue weighted by atomic mass is 10.1. The Hall–Kier alpha value is -4.91. The Labute approximate surface area is 205 Å². The lowest BCUT2D eigenvalue weighted by molar-refractivity contribution is -0.484. The maximum absolute atomic E-state index is 16.0. The first-order valence-electron chi connectivity index (χ1n) is 11.0. The fraction of sp³-hybridized carbons (Fsp3) is 0.154. The number of nitrogen functional groups attached to an aromatic ring is 1. The second-order valence-corrected chi connectivity index (χ2v) is 8.23. The molecule has 10 heteroatoms. The van der Waals surface area contributed by atoms with Gasteiger partial charge in [-0.05, 0) is 44.0 Å². The van der Waals surface area contributed by atoms with E-state index in [9.17, 15) is 0 Å². The van der Waals surface area contributed by atoms with E-state index in [1.807, 2.05) is 31.5 Å². The number of anilines is 1. The molecule has 0 aliphatic heterocycles. The molecule has 5 aromatic rings. The highest BCUT2D eigenvalue weighted by Gasteiger charge is 2.28. The molecule has 0 bridgehead atoms. The molecule has 0 saturated heterocycles. The summed E-state index contributed by atoms with van der Waals surface area (Å²) in [5, 5.41) is 1.86. The van der Waals surface area contributed by atoms with Crippen LogP contribution in [-0.2, 0) is 7.05 Å². The molecule has 0 saturated carbocycles. The molecule has 0 amide bonds. The van der Waals surface area contributed by atoms with Gasteiger partial charge in [0.25, 0.3) is 0 Å². The summed E-state index contributed by atoms with van der Waals surface area (Å²) in [7, 11) is 1.85. The number of hydrogen-bond acceptors (Lipinski definition) is 6. The number of nitrogens with two attached hydrogens (primary N) is 1. The molecule has 0 aliphatic rings. The molecule has 5 heterocycles. The zero-order chi connectivity index (χ0) is 25.7. The molecule has 0 aromatic carbocycles. The minimum Gasteiger partial charge on any atom is -0.420 e. The van der Waals surface area contributed by atoms with Crippen LogP contribution in [0.4, 0.5) is 10.2 Å². The summed E-state index contributed by atoms with van der Waals surface area (Å²) in [6, 6.07) is 3.04. The number of ether oxygens (including phenoxy) is 1. The van der Waals surface area contributed by atoms with Gasteiger partial charge in [-0.15, -0.1) is 6.42 Å². The first-order chi connectivity index (χ1) is 17.3. The molecule has 0 radical (unpaired) electrons. The molecule has 0 aliphatic carbocycles. The van der Waals surface area contributed by atoms with Crippen molar-refractivity contribution in [3.8, 4) is 18.1 Å². The maximum Gasteiger partial charge on any atom is 0.339 e. The van der Waals surface area contributed by atoms with Gasteiger partial charge in [0, 0.05) is 24.9 Å². The second-order valence-electron chi connectivity index (χ2n) is 8.23. The Kier molecular flexibility index (Phi) is 5.33. The Morgan fingerprint density at radius 3 is 2.78 bits per heavy atom. The third-order valence-electron chi connectivity index (χ3n) is 6.07. The minimum absolute atomic E-state index is 0.0217. The van der Waals surface area contributed by atoms with E-state index in [-0.39, 0.29) is 23.1 Å². The van der Waals surface area contributed by atoms with Crippen LogP contribution in [0.15, 0.2) is 46.4 Å². The van der Waals surface area contributed by atoms with Crippen LogP contribution < -0.4 is 14.9 Å². The summed E-state index contributed by atoms with van der Waals surface area (Å²) in [6.07, 6.45) is 10.5. The van der Waals surface area contributed by atoms with Gasteiger partial charge in [0.1, 0.15) is 24.0 Å². The first-order valence-corrected chi connectivity index (χ1v) is 11.0. The van der Waals surface area contributed by atoms with Crippen molar-refractivity contribution in [3.63, 3.8) is 0 Å². The Morgan fingerprint density at radius 1 is 1.31 bits per heavy atom. The summed E-state index contributed by atoms with van der Waals surface area (Å²) in [5.74, 6) is 2.39. The van der Waals surface area contributed by atoms with E-state index in [2.05, 4.69) is 37.6 Å². The Bertz CT molecular complexity index is 1860. The van der Waals surface area contributed by atoms with Crippen LogP contribution in [0.1, 0.15) is 25.1 Å². The number of rotatable bonds is 2. The largest absolute Gasteiger partial charge is 0.420 e. The van der Waals surface area contributed by atoms with Gasteiger partial charge in [0.05, 0.1) is 21.7 Å². The van der Waals surface area contributed by atoms with Crippen LogP contribution in [0.2, 0.25) is 0 Å². The molecule has 178 valence electrons. The number of aryl methyl sites for hydroxylation is 2. The smallest absolute Gasteiger partial charge is 0.339 e. The van der Waals surface area contributed by atoms with Gasteiger partial charge in [-0.1, -0.05) is 6.08 Å². The Balaban J connectivity index is 2.00. The predicted molar refractivity (Wildman–Crippen MR) is 139 cm³/mol. The van der Waals surface area contributed by atoms with Gasteiger partial charge < -0.3 is 15.0 Å². The van der Waals surface area contributed by atoms with E-state index >= 15 is 4.39 Å².